The van der Waals surface area contributed by atoms with E-state index in [1.807, 2.05) is 7.05 Å². The predicted molar refractivity (Wildman–Crippen MR) is 81.6 cm³/mol. The second kappa shape index (κ2) is 7.30. The summed E-state index contributed by atoms with van der Waals surface area (Å²) >= 11 is 0. The summed E-state index contributed by atoms with van der Waals surface area (Å²) in [5.41, 5.74) is 2.62. The van der Waals surface area contributed by atoms with Gasteiger partial charge in [0, 0.05) is 19.6 Å². The number of nitriles is 1. The van der Waals surface area contributed by atoms with Gasteiger partial charge in [-0.1, -0.05) is 0 Å². The lowest BCUT2D eigenvalue weighted by Crippen LogP contribution is -2.35. The van der Waals surface area contributed by atoms with Gasteiger partial charge in [-0.15, -0.1) is 0 Å². The van der Waals surface area contributed by atoms with Crippen molar-refractivity contribution in [1.29, 1.82) is 5.26 Å². The van der Waals surface area contributed by atoms with Gasteiger partial charge in [0.05, 0.1) is 26.3 Å². The fourth-order valence-corrected chi connectivity index (χ4v) is 2.72. The highest BCUT2D eigenvalue weighted by molar-refractivity contribution is 5.48. The van der Waals surface area contributed by atoms with Gasteiger partial charge >= 0.3 is 0 Å². The molecule has 1 heterocycles. The van der Waals surface area contributed by atoms with Crippen LogP contribution >= 0.6 is 0 Å². The van der Waals surface area contributed by atoms with E-state index in [1.54, 1.807) is 14.2 Å². The molecule has 0 aromatic heterocycles. The van der Waals surface area contributed by atoms with E-state index in [-0.39, 0.29) is 6.04 Å². The molecule has 1 aliphatic heterocycles. The average Bonchev–Trinajstić information content (AvgIpc) is 2.54. The second-order valence-corrected chi connectivity index (χ2v) is 5.26. The maximum atomic E-state index is 8.98. The van der Waals surface area contributed by atoms with Crippen LogP contribution in [0.4, 0.5) is 0 Å². The maximum Gasteiger partial charge on any atom is 0.161 e. The van der Waals surface area contributed by atoms with Crippen LogP contribution in [0.25, 0.3) is 0 Å². The number of methoxy groups -OCH3 is 2. The molecule has 0 saturated heterocycles. The Morgan fingerprint density at radius 3 is 2.52 bits per heavy atom. The molecule has 1 atom stereocenters. The summed E-state index contributed by atoms with van der Waals surface area (Å²) in [7, 11) is 5.16. The molecule has 0 amide bonds. The van der Waals surface area contributed by atoms with E-state index in [0.29, 0.717) is 0 Å². The van der Waals surface area contributed by atoms with Crippen LogP contribution < -0.4 is 14.8 Å². The largest absolute Gasteiger partial charge is 0.493 e. The maximum absolute atomic E-state index is 8.98. The first kappa shape index (κ1) is 15.6. The van der Waals surface area contributed by atoms with E-state index in [4.69, 9.17) is 14.7 Å². The number of hydrogen-bond donors (Lipinski definition) is 1. The minimum atomic E-state index is -0.0724. The normalized spacial score (nSPS) is 15.9. The van der Waals surface area contributed by atoms with Crippen LogP contribution in [0.5, 0.6) is 11.5 Å². The van der Waals surface area contributed by atoms with Crippen LogP contribution in [0.15, 0.2) is 12.1 Å². The number of rotatable bonds is 6. The Bertz CT molecular complexity index is 525. The molecular weight excluding hydrogens is 266 g/mol. The third-order valence-electron chi connectivity index (χ3n) is 4.04. The van der Waals surface area contributed by atoms with E-state index in [1.165, 1.54) is 11.1 Å². The molecule has 1 aromatic rings. The number of benzene rings is 1. The van der Waals surface area contributed by atoms with Crippen molar-refractivity contribution in [2.75, 3.05) is 34.4 Å². The lowest BCUT2D eigenvalue weighted by molar-refractivity contribution is 0.244. The minimum Gasteiger partial charge on any atom is -0.493 e. The van der Waals surface area contributed by atoms with Gasteiger partial charge in [0.15, 0.2) is 11.5 Å². The average molecular weight is 289 g/mol. The Hall–Kier alpha value is -1.77. The molecule has 2 rings (SSSR count). The van der Waals surface area contributed by atoms with Crippen molar-refractivity contribution in [3.8, 4) is 17.6 Å². The summed E-state index contributed by atoms with van der Waals surface area (Å²) in [6.45, 7) is 2.84. The number of nitrogens with one attached hydrogen (secondary N) is 1. The van der Waals surface area contributed by atoms with E-state index < -0.39 is 0 Å². The molecule has 0 saturated carbocycles. The predicted octanol–water partition coefficient (Wildman–Crippen LogP) is 1.56. The molecular formula is C16H23N3O2. The fourth-order valence-electron chi connectivity index (χ4n) is 2.72. The Labute approximate surface area is 126 Å². The van der Waals surface area contributed by atoms with Crippen LogP contribution in [0.2, 0.25) is 0 Å². The van der Waals surface area contributed by atoms with Crippen LogP contribution in [-0.2, 0) is 13.0 Å². The monoisotopic (exact) mass is 289 g/mol. The zero-order chi connectivity index (χ0) is 15.2. The fraction of sp³-hybridized carbons (Fsp3) is 0.562. The summed E-state index contributed by atoms with van der Waals surface area (Å²) in [4.78, 5) is 2.38. The molecule has 1 unspecified atom stereocenters. The van der Waals surface area contributed by atoms with E-state index in [9.17, 15) is 0 Å². The van der Waals surface area contributed by atoms with Gasteiger partial charge in [0.1, 0.15) is 0 Å². The van der Waals surface area contributed by atoms with Gasteiger partial charge in [-0.3, -0.25) is 4.90 Å². The van der Waals surface area contributed by atoms with Crippen molar-refractivity contribution in [1.82, 2.24) is 10.2 Å². The Kier molecular flexibility index (Phi) is 5.43. The van der Waals surface area contributed by atoms with Crippen LogP contribution in [0.3, 0.4) is 0 Å². The number of nitrogens with zero attached hydrogens (tertiary/aromatic N) is 2. The summed E-state index contributed by atoms with van der Waals surface area (Å²) in [6, 6.07) is 6.35. The lowest BCUT2D eigenvalue weighted by Gasteiger charge is -2.30. The van der Waals surface area contributed by atoms with Gasteiger partial charge in [-0.05, 0) is 43.1 Å². The van der Waals surface area contributed by atoms with Gasteiger partial charge in [-0.2, -0.15) is 5.26 Å². The first-order chi connectivity index (χ1) is 10.2. The molecule has 5 nitrogen and oxygen atoms in total. The van der Waals surface area contributed by atoms with Crippen molar-refractivity contribution in [2.24, 2.45) is 0 Å². The molecule has 5 heteroatoms. The van der Waals surface area contributed by atoms with Crippen molar-refractivity contribution in [3.63, 3.8) is 0 Å². The number of ether oxygens (including phenoxy) is 2. The van der Waals surface area contributed by atoms with Crippen molar-refractivity contribution >= 4 is 0 Å². The second-order valence-electron chi connectivity index (χ2n) is 5.26. The molecule has 0 spiro atoms. The SMILES string of the molecule is CNC(C#N)CCN1CCc2cc(OC)c(OC)cc2C1. The van der Waals surface area contributed by atoms with Gasteiger partial charge in [-0.25, -0.2) is 0 Å². The molecule has 0 aliphatic carbocycles. The molecule has 1 aromatic carbocycles. The van der Waals surface area contributed by atoms with Crippen LogP contribution in [0, 0.1) is 11.3 Å². The molecule has 0 bridgehead atoms. The van der Waals surface area contributed by atoms with Crippen molar-refractivity contribution in [2.45, 2.75) is 25.4 Å². The van der Waals surface area contributed by atoms with Crippen LogP contribution in [0.1, 0.15) is 17.5 Å². The van der Waals surface area contributed by atoms with E-state index >= 15 is 0 Å². The first-order valence-corrected chi connectivity index (χ1v) is 7.24. The number of fused-ring (bicyclic) bond motifs is 1. The smallest absolute Gasteiger partial charge is 0.161 e. The topological polar surface area (TPSA) is 57.5 Å². The highest BCUT2D eigenvalue weighted by atomic mass is 16.5. The van der Waals surface area contributed by atoms with Crippen molar-refractivity contribution in [3.05, 3.63) is 23.3 Å². The molecule has 1 N–H and O–H groups in total. The molecule has 21 heavy (non-hydrogen) atoms. The zero-order valence-corrected chi connectivity index (χ0v) is 13.0. The third kappa shape index (κ3) is 3.66. The molecule has 1 aliphatic rings. The highest BCUT2D eigenvalue weighted by Gasteiger charge is 2.19. The van der Waals surface area contributed by atoms with Crippen LogP contribution in [-0.4, -0.2) is 45.3 Å². The Morgan fingerprint density at radius 2 is 1.95 bits per heavy atom. The quantitative estimate of drug-likeness (QED) is 0.861. The van der Waals surface area contributed by atoms with Gasteiger partial charge < -0.3 is 14.8 Å². The lowest BCUT2D eigenvalue weighted by atomic mass is 9.98. The molecule has 114 valence electrons. The van der Waals surface area contributed by atoms with E-state index in [2.05, 4.69) is 28.4 Å². The van der Waals surface area contributed by atoms with E-state index in [0.717, 1.165) is 44.0 Å². The van der Waals surface area contributed by atoms with Crippen molar-refractivity contribution < 1.29 is 9.47 Å². The third-order valence-corrected chi connectivity index (χ3v) is 4.04. The minimum absolute atomic E-state index is 0.0724. The Morgan fingerprint density at radius 1 is 1.29 bits per heavy atom. The highest BCUT2D eigenvalue weighted by Crippen LogP contribution is 2.33. The summed E-state index contributed by atoms with van der Waals surface area (Å²) < 4.78 is 10.7. The summed E-state index contributed by atoms with van der Waals surface area (Å²) in [5.74, 6) is 1.58. The summed E-state index contributed by atoms with van der Waals surface area (Å²) in [6.07, 6.45) is 1.85. The zero-order valence-electron chi connectivity index (χ0n) is 13.0. The van der Waals surface area contributed by atoms with Gasteiger partial charge in [0.25, 0.3) is 0 Å². The molecule has 0 fully saturated rings. The standard InChI is InChI=1S/C16H23N3O2/c1-18-14(10-17)5-7-19-6-4-12-8-15(20-2)16(21-3)9-13(12)11-19/h8-9,14,18H,4-7,11H2,1-3H3. The first-order valence-electron chi connectivity index (χ1n) is 7.24. The number of hydrogen-bond acceptors (Lipinski definition) is 5. The Balaban J connectivity index is 2.04. The van der Waals surface area contributed by atoms with Gasteiger partial charge in [0.2, 0.25) is 0 Å². The molecule has 0 radical (unpaired) electrons. The summed E-state index contributed by atoms with van der Waals surface area (Å²) in [5, 5.41) is 12.0.